The third-order valence-electron chi connectivity index (χ3n) is 3.14. The minimum Gasteiger partial charge on any atom is -0.361 e. The first-order chi connectivity index (χ1) is 9.56. The van der Waals surface area contributed by atoms with Gasteiger partial charge in [0, 0.05) is 22.7 Å². The molecule has 1 aromatic heterocycles. The van der Waals surface area contributed by atoms with Gasteiger partial charge in [0.2, 0.25) is 0 Å². The van der Waals surface area contributed by atoms with Crippen molar-refractivity contribution in [3.63, 3.8) is 0 Å². The average molecular weight is 313 g/mol. The van der Waals surface area contributed by atoms with Crippen molar-refractivity contribution < 1.29 is 4.52 Å². The summed E-state index contributed by atoms with van der Waals surface area (Å²) in [5.41, 5.74) is 1.99. The van der Waals surface area contributed by atoms with Gasteiger partial charge in [0.25, 0.3) is 0 Å². The molecule has 108 valence electrons. The van der Waals surface area contributed by atoms with E-state index in [1.807, 2.05) is 31.2 Å². The Labute approximate surface area is 129 Å². The van der Waals surface area contributed by atoms with Crippen molar-refractivity contribution in [2.75, 3.05) is 13.6 Å². The van der Waals surface area contributed by atoms with Crippen molar-refractivity contribution in [1.82, 2.24) is 10.1 Å². The molecule has 0 unspecified atom stereocenters. The molecule has 0 atom stereocenters. The number of hydrogen-bond donors (Lipinski definition) is 0. The predicted octanol–water partition coefficient (Wildman–Crippen LogP) is 4.35. The van der Waals surface area contributed by atoms with E-state index >= 15 is 0 Å². The zero-order valence-corrected chi connectivity index (χ0v) is 13.2. The summed E-state index contributed by atoms with van der Waals surface area (Å²) in [5.74, 6) is 0.844. The SMILES string of the molecule is Cc1cc(CN(C)CCCc2c(Cl)cccc2Cl)no1. The summed E-state index contributed by atoms with van der Waals surface area (Å²) in [5, 5.41) is 5.48. The van der Waals surface area contributed by atoms with Gasteiger partial charge in [0.1, 0.15) is 5.76 Å². The van der Waals surface area contributed by atoms with E-state index in [1.54, 1.807) is 0 Å². The first kappa shape index (κ1) is 15.4. The molecule has 5 heteroatoms. The predicted molar refractivity (Wildman–Crippen MR) is 82.4 cm³/mol. The van der Waals surface area contributed by atoms with Gasteiger partial charge in [-0.05, 0) is 51.1 Å². The highest BCUT2D eigenvalue weighted by Gasteiger charge is 2.08. The molecule has 2 aromatic rings. The summed E-state index contributed by atoms with van der Waals surface area (Å²) in [6.45, 7) is 3.64. The van der Waals surface area contributed by atoms with E-state index in [9.17, 15) is 0 Å². The lowest BCUT2D eigenvalue weighted by molar-refractivity contribution is 0.305. The van der Waals surface area contributed by atoms with E-state index in [0.717, 1.165) is 53.0 Å². The lowest BCUT2D eigenvalue weighted by Crippen LogP contribution is -2.19. The smallest absolute Gasteiger partial charge is 0.133 e. The molecule has 0 aliphatic carbocycles. The molecule has 20 heavy (non-hydrogen) atoms. The number of aryl methyl sites for hydroxylation is 1. The van der Waals surface area contributed by atoms with Gasteiger partial charge in [-0.25, -0.2) is 0 Å². The second-order valence-electron chi connectivity index (χ2n) is 4.97. The van der Waals surface area contributed by atoms with E-state index in [1.165, 1.54) is 0 Å². The fourth-order valence-electron chi connectivity index (χ4n) is 2.14. The highest BCUT2D eigenvalue weighted by molar-refractivity contribution is 6.35. The van der Waals surface area contributed by atoms with E-state index in [4.69, 9.17) is 27.7 Å². The number of nitrogens with zero attached hydrogens (tertiary/aromatic N) is 2. The molecule has 2 rings (SSSR count). The van der Waals surface area contributed by atoms with Crippen LogP contribution in [0.3, 0.4) is 0 Å². The van der Waals surface area contributed by atoms with Crippen LogP contribution in [-0.4, -0.2) is 23.6 Å². The normalized spacial score (nSPS) is 11.2. The molecule has 3 nitrogen and oxygen atoms in total. The largest absolute Gasteiger partial charge is 0.361 e. The van der Waals surface area contributed by atoms with E-state index < -0.39 is 0 Å². The van der Waals surface area contributed by atoms with Crippen LogP contribution in [-0.2, 0) is 13.0 Å². The number of rotatable bonds is 6. The number of benzene rings is 1. The average Bonchev–Trinajstić information content (AvgIpc) is 2.78. The summed E-state index contributed by atoms with van der Waals surface area (Å²) in [6, 6.07) is 7.59. The monoisotopic (exact) mass is 312 g/mol. The molecule has 0 fully saturated rings. The standard InChI is InChI=1S/C15H18Cl2N2O/c1-11-9-12(18-20-11)10-19(2)8-4-5-13-14(16)6-3-7-15(13)17/h3,6-7,9H,4-5,8,10H2,1-2H3. The van der Waals surface area contributed by atoms with Crippen molar-refractivity contribution >= 4 is 23.2 Å². The quantitative estimate of drug-likeness (QED) is 0.794. The van der Waals surface area contributed by atoms with Crippen LogP contribution in [0.25, 0.3) is 0 Å². The maximum Gasteiger partial charge on any atom is 0.133 e. The highest BCUT2D eigenvalue weighted by atomic mass is 35.5. The molecule has 0 aliphatic rings. The summed E-state index contributed by atoms with van der Waals surface area (Å²) in [6.07, 6.45) is 1.87. The Balaban J connectivity index is 1.81. The molecule has 0 aliphatic heterocycles. The zero-order chi connectivity index (χ0) is 14.5. The van der Waals surface area contributed by atoms with Crippen LogP contribution in [0.1, 0.15) is 23.4 Å². The molecule has 0 saturated heterocycles. The maximum absolute atomic E-state index is 6.16. The van der Waals surface area contributed by atoms with Gasteiger partial charge < -0.3 is 9.42 Å². The van der Waals surface area contributed by atoms with Crippen molar-refractivity contribution in [1.29, 1.82) is 0 Å². The Morgan fingerprint density at radius 1 is 1.25 bits per heavy atom. The molecular formula is C15H18Cl2N2O. The van der Waals surface area contributed by atoms with Gasteiger partial charge in [-0.1, -0.05) is 34.4 Å². The van der Waals surface area contributed by atoms with Crippen LogP contribution in [0.4, 0.5) is 0 Å². The Morgan fingerprint density at radius 3 is 2.55 bits per heavy atom. The zero-order valence-electron chi connectivity index (χ0n) is 11.7. The topological polar surface area (TPSA) is 29.3 Å². The van der Waals surface area contributed by atoms with Crippen molar-refractivity contribution in [3.8, 4) is 0 Å². The molecule has 0 N–H and O–H groups in total. The third kappa shape index (κ3) is 4.23. The Bertz CT molecular complexity index is 549. The highest BCUT2D eigenvalue weighted by Crippen LogP contribution is 2.25. The van der Waals surface area contributed by atoms with Crippen molar-refractivity contribution in [2.24, 2.45) is 0 Å². The molecule has 0 bridgehead atoms. The maximum atomic E-state index is 6.16. The first-order valence-electron chi connectivity index (χ1n) is 6.60. The van der Waals surface area contributed by atoms with Gasteiger partial charge in [-0.3, -0.25) is 0 Å². The second kappa shape index (κ2) is 7.11. The minimum absolute atomic E-state index is 0.743. The van der Waals surface area contributed by atoms with E-state index in [-0.39, 0.29) is 0 Å². The number of aromatic nitrogens is 1. The molecule has 1 aromatic carbocycles. The number of halogens is 2. The Kier molecular flexibility index (Phi) is 5.46. The van der Waals surface area contributed by atoms with Crippen molar-refractivity contribution in [2.45, 2.75) is 26.3 Å². The van der Waals surface area contributed by atoms with Gasteiger partial charge in [-0.2, -0.15) is 0 Å². The number of hydrogen-bond acceptors (Lipinski definition) is 3. The molecule has 0 spiro atoms. The molecule has 0 amide bonds. The van der Waals surface area contributed by atoms with E-state index in [2.05, 4.69) is 17.1 Å². The first-order valence-corrected chi connectivity index (χ1v) is 7.35. The van der Waals surface area contributed by atoms with Gasteiger partial charge in [0.05, 0.1) is 5.69 Å². The fraction of sp³-hybridized carbons (Fsp3) is 0.400. The summed E-state index contributed by atoms with van der Waals surface area (Å²) in [4.78, 5) is 2.21. The summed E-state index contributed by atoms with van der Waals surface area (Å²) >= 11 is 12.3. The van der Waals surface area contributed by atoms with Gasteiger partial charge in [-0.15, -0.1) is 0 Å². The van der Waals surface area contributed by atoms with Crippen LogP contribution in [0, 0.1) is 6.92 Å². The van der Waals surface area contributed by atoms with Gasteiger partial charge >= 0.3 is 0 Å². The van der Waals surface area contributed by atoms with Crippen LogP contribution in [0.5, 0.6) is 0 Å². The second-order valence-corrected chi connectivity index (χ2v) is 5.78. The minimum atomic E-state index is 0.743. The van der Waals surface area contributed by atoms with Crippen LogP contribution < -0.4 is 0 Å². The summed E-state index contributed by atoms with van der Waals surface area (Å²) in [7, 11) is 2.07. The third-order valence-corrected chi connectivity index (χ3v) is 3.85. The molecule has 0 radical (unpaired) electrons. The van der Waals surface area contributed by atoms with Gasteiger partial charge in [0.15, 0.2) is 0 Å². The Hall–Kier alpha value is -1.03. The fourth-order valence-corrected chi connectivity index (χ4v) is 2.73. The molecule has 1 heterocycles. The van der Waals surface area contributed by atoms with Crippen LogP contribution in [0.2, 0.25) is 10.0 Å². The van der Waals surface area contributed by atoms with E-state index in [0.29, 0.717) is 0 Å². The van der Waals surface area contributed by atoms with Crippen LogP contribution >= 0.6 is 23.2 Å². The molecule has 0 saturated carbocycles. The Morgan fingerprint density at radius 2 is 1.95 bits per heavy atom. The lowest BCUT2D eigenvalue weighted by Gasteiger charge is -2.15. The lowest BCUT2D eigenvalue weighted by atomic mass is 10.1. The summed E-state index contributed by atoms with van der Waals surface area (Å²) < 4.78 is 5.06. The van der Waals surface area contributed by atoms with Crippen molar-refractivity contribution in [3.05, 3.63) is 51.3 Å². The van der Waals surface area contributed by atoms with Crippen LogP contribution in [0.15, 0.2) is 28.8 Å². The molecular weight excluding hydrogens is 295 g/mol.